The summed E-state index contributed by atoms with van der Waals surface area (Å²) >= 11 is 0. The molecule has 3 aromatic rings. The van der Waals surface area contributed by atoms with Crippen molar-refractivity contribution < 1.29 is 27.9 Å². The van der Waals surface area contributed by atoms with Crippen LogP contribution in [0.3, 0.4) is 0 Å². The van der Waals surface area contributed by atoms with Gasteiger partial charge in [0, 0.05) is 37.6 Å². The number of methoxy groups -OCH3 is 2. The molecule has 0 aliphatic carbocycles. The van der Waals surface area contributed by atoms with E-state index < -0.39 is 12.0 Å². The standard InChI is InChI=1S/C23H25N5O5/c1-30-18-11-14-15(12-19(18)31-2)25-23(26-21(14)24)28-9-7-27(8-10-28)22(29)20-13-32-16-5-3-4-6-17(16)33-20/h3-6,11-12,20H,7-10,13H2,1-2H3,(H2,24,25,26)/i20D/hD2. The van der Waals surface area contributed by atoms with Crippen molar-refractivity contribution in [1.29, 1.82) is 0 Å². The number of hydrogen-bond acceptors (Lipinski definition) is 9. The lowest BCUT2D eigenvalue weighted by Crippen LogP contribution is -2.54. The first-order valence-electron chi connectivity index (χ1n) is 11.9. The minimum atomic E-state index is -1.87. The monoisotopic (exact) mass is 454 g/mol. The maximum Gasteiger partial charge on any atom is 0.267 e. The molecule has 2 aliphatic rings. The predicted octanol–water partition coefficient (Wildman–Crippen LogP) is 1.72. The molecule has 1 fully saturated rings. The van der Waals surface area contributed by atoms with Gasteiger partial charge in [-0.2, -0.15) is 4.98 Å². The van der Waals surface area contributed by atoms with Gasteiger partial charge in [-0.25, -0.2) is 4.98 Å². The summed E-state index contributed by atoms with van der Waals surface area (Å²) < 4.78 is 46.3. The van der Waals surface area contributed by atoms with Crippen molar-refractivity contribution in [2.45, 2.75) is 6.08 Å². The largest absolute Gasteiger partial charge is 0.493 e. The molecule has 5 rings (SSSR count). The molecule has 0 saturated carbocycles. The van der Waals surface area contributed by atoms with Gasteiger partial charge in [0.15, 0.2) is 25.8 Å². The number of hydrogen-bond donors (Lipinski definition) is 1. The molecule has 33 heavy (non-hydrogen) atoms. The maximum atomic E-state index is 13.2. The van der Waals surface area contributed by atoms with Crippen LogP contribution >= 0.6 is 0 Å². The van der Waals surface area contributed by atoms with Crippen molar-refractivity contribution >= 4 is 28.6 Å². The average Bonchev–Trinajstić information content (AvgIpc) is 2.91. The zero-order valence-corrected chi connectivity index (χ0v) is 18.3. The van der Waals surface area contributed by atoms with Gasteiger partial charge < -0.3 is 34.5 Å². The fourth-order valence-corrected chi connectivity index (χ4v) is 3.92. The van der Waals surface area contributed by atoms with Crippen LogP contribution in [-0.2, 0) is 4.79 Å². The van der Waals surface area contributed by atoms with Gasteiger partial charge in [0.2, 0.25) is 12.0 Å². The van der Waals surface area contributed by atoms with Crippen LogP contribution in [-0.4, -0.2) is 73.9 Å². The molecule has 1 aromatic heterocycles. The molecule has 10 nitrogen and oxygen atoms in total. The number of anilines is 2. The quantitative estimate of drug-likeness (QED) is 0.616. The number of nitrogens with two attached hydrogens (primary N) is 1. The number of nitrogens with zero attached hydrogens (tertiary/aromatic N) is 4. The normalized spacial score (nSPS) is 21.1. The molecule has 0 radical (unpaired) electrons. The summed E-state index contributed by atoms with van der Waals surface area (Å²) in [6.45, 7) is 1.23. The highest BCUT2D eigenvalue weighted by molar-refractivity contribution is 5.91. The zero-order valence-electron chi connectivity index (χ0n) is 21.3. The molecular weight excluding hydrogens is 426 g/mol. The number of aromatic nitrogens is 2. The van der Waals surface area contributed by atoms with E-state index in [0.29, 0.717) is 71.7 Å². The maximum absolute atomic E-state index is 13.2. The second-order valence-corrected chi connectivity index (χ2v) is 7.61. The number of carbonyl (C=O) groups is 1. The van der Waals surface area contributed by atoms with Crippen LogP contribution in [0.2, 0.25) is 2.82 Å². The topological polar surface area (TPSA) is 112 Å². The Hall–Kier alpha value is -3.95. The van der Waals surface area contributed by atoms with Crippen molar-refractivity contribution in [1.82, 2.24) is 14.9 Å². The van der Waals surface area contributed by atoms with E-state index in [2.05, 4.69) is 9.97 Å². The first-order valence-corrected chi connectivity index (χ1v) is 10.5. The third-order valence-electron chi connectivity index (χ3n) is 5.70. The second kappa shape index (κ2) is 8.53. The third kappa shape index (κ3) is 3.88. The van der Waals surface area contributed by atoms with Crippen LogP contribution in [0.25, 0.3) is 10.9 Å². The van der Waals surface area contributed by atoms with Gasteiger partial charge in [-0.05, 0) is 18.2 Å². The minimum absolute atomic E-state index is 0.0889. The van der Waals surface area contributed by atoms with Crippen LogP contribution in [0.15, 0.2) is 36.4 Å². The van der Waals surface area contributed by atoms with Gasteiger partial charge in [-0.1, -0.05) is 12.1 Å². The summed E-state index contributed by atoms with van der Waals surface area (Å²) in [6, 6.07) is 10.3. The van der Waals surface area contributed by atoms with Gasteiger partial charge in [0.1, 0.15) is 12.4 Å². The van der Waals surface area contributed by atoms with E-state index in [9.17, 15) is 4.79 Å². The molecule has 2 aromatic carbocycles. The molecular formula is C23H25N5O5. The van der Waals surface area contributed by atoms with E-state index in [0.717, 1.165) is 0 Å². The van der Waals surface area contributed by atoms with E-state index >= 15 is 0 Å². The Labute approximate surface area is 195 Å². The summed E-state index contributed by atoms with van der Waals surface area (Å²) in [7, 11) is 3.02. The van der Waals surface area contributed by atoms with E-state index in [4.69, 9.17) is 23.1 Å². The lowest BCUT2D eigenvalue weighted by Gasteiger charge is -2.37. The molecule has 0 bridgehead atoms. The van der Waals surface area contributed by atoms with Crippen molar-refractivity contribution in [3.8, 4) is 23.0 Å². The minimum Gasteiger partial charge on any atom is -0.493 e. The summed E-state index contributed by atoms with van der Waals surface area (Å²) in [5, 5.41) is 0.473. The molecule has 2 N–H and O–H groups in total. The fourth-order valence-electron chi connectivity index (χ4n) is 3.92. The predicted molar refractivity (Wildman–Crippen MR) is 122 cm³/mol. The Balaban J connectivity index is 1.35. The number of ether oxygens (including phenoxy) is 4. The van der Waals surface area contributed by atoms with Crippen molar-refractivity contribution in [2.75, 3.05) is 57.6 Å². The average molecular weight is 455 g/mol. The zero-order chi connectivity index (χ0) is 25.4. The number of carbonyl (C=O) groups excluding carboxylic acids is 1. The third-order valence-corrected chi connectivity index (χ3v) is 5.70. The Morgan fingerprint density at radius 2 is 1.85 bits per heavy atom. The number of fused-ring (bicyclic) bond motifs is 2. The number of amides is 1. The van der Waals surface area contributed by atoms with Crippen LogP contribution in [0.1, 0.15) is 1.37 Å². The first-order chi connectivity index (χ1) is 17.3. The first kappa shape index (κ1) is 17.6. The van der Waals surface area contributed by atoms with E-state index in [-0.39, 0.29) is 12.4 Å². The van der Waals surface area contributed by atoms with Gasteiger partial charge in [0.05, 0.1) is 21.1 Å². The van der Waals surface area contributed by atoms with Crippen LogP contribution in [0.5, 0.6) is 23.0 Å². The lowest BCUT2D eigenvalue weighted by atomic mass is 10.2. The Kier molecular flexibility index (Phi) is 4.55. The highest BCUT2D eigenvalue weighted by Gasteiger charge is 2.33. The van der Waals surface area contributed by atoms with Crippen molar-refractivity contribution in [3.05, 3.63) is 36.4 Å². The molecule has 10 heteroatoms. The molecule has 0 spiro atoms. The fraction of sp³-hybridized carbons (Fsp3) is 0.348. The van der Waals surface area contributed by atoms with Crippen LogP contribution in [0, 0.1) is 0 Å². The molecule has 2 aliphatic heterocycles. The smallest absolute Gasteiger partial charge is 0.267 e. The van der Waals surface area contributed by atoms with E-state index in [1.165, 1.54) is 14.2 Å². The lowest BCUT2D eigenvalue weighted by molar-refractivity contribution is -0.141. The molecule has 1 atom stereocenters. The van der Waals surface area contributed by atoms with Crippen molar-refractivity contribution in [3.63, 3.8) is 0 Å². The number of benzene rings is 2. The van der Waals surface area contributed by atoms with Crippen LogP contribution < -0.4 is 29.6 Å². The van der Waals surface area contributed by atoms with Gasteiger partial charge in [-0.15, -0.1) is 0 Å². The number of rotatable bonds is 5. The molecule has 1 unspecified atom stereocenters. The van der Waals surface area contributed by atoms with Crippen molar-refractivity contribution in [2.24, 2.45) is 0 Å². The van der Waals surface area contributed by atoms with Gasteiger partial charge in [-0.3, -0.25) is 4.79 Å². The Morgan fingerprint density at radius 1 is 1.12 bits per heavy atom. The number of piperazine rings is 1. The van der Waals surface area contributed by atoms with Gasteiger partial charge >= 0.3 is 0 Å². The molecule has 1 amide bonds. The number of nitrogen functional groups attached to an aromatic ring is 1. The molecule has 3 heterocycles. The SMILES string of the molecule is [2H]N([2H])c1nc(N2CCN(C(=O)C3([2H])COc4ccccc4O3)CC2)nc2cc(OC)c(OC)cc12. The molecule has 172 valence electrons. The summed E-state index contributed by atoms with van der Waals surface area (Å²) in [6.07, 6.45) is -1.87. The van der Waals surface area contributed by atoms with E-state index in [1.54, 1.807) is 41.3 Å². The van der Waals surface area contributed by atoms with E-state index in [1.807, 2.05) is 4.90 Å². The Bertz CT molecular complexity index is 1300. The highest BCUT2D eigenvalue weighted by Crippen LogP contribution is 2.34. The summed E-state index contributed by atoms with van der Waals surface area (Å²) in [5.41, 5.74) is 0.925. The summed E-state index contributed by atoms with van der Waals surface area (Å²) in [5.74, 6) is 1.72. The second-order valence-electron chi connectivity index (χ2n) is 7.61. The Morgan fingerprint density at radius 3 is 2.58 bits per heavy atom. The summed E-state index contributed by atoms with van der Waals surface area (Å²) in [4.78, 5) is 25.7. The van der Waals surface area contributed by atoms with Crippen LogP contribution in [0.4, 0.5) is 11.8 Å². The molecule has 1 saturated heterocycles. The number of para-hydroxylation sites is 2. The van der Waals surface area contributed by atoms with Gasteiger partial charge in [0.25, 0.3) is 5.91 Å². The highest BCUT2D eigenvalue weighted by atomic mass is 16.6.